The maximum atomic E-state index is 13.0. The average Bonchev–Trinajstić information content (AvgIpc) is 4.10. The Balaban J connectivity index is 0.000000168. The molecule has 2 aromatic heterocycles. The van der Waals surface area contributed by atoms with Gasteiger partial charge in [0.05, 0.1) is 64.2 Å². The summed E-state index contributed by atoms with van der Waals surface area (Å²) in [5.74, 6) is -1.62. The second-order valence-corrected chi connectivity index (χ2v) is 15.1. The molecular formula is C38H31Cl3F6N6O6. The first-order chi connectivity index (χ1) is 27.8. The molecule has 4 aliphatic rings. The van der Waals surface area contributed by atoms with Gasteiger partial charge in [-0.25, -0.2) is 15.0 Å². The lowest BCUT2D eigenvalue weighted by Gasteiger charge is -2.19. The number of aliphatic hydroxyl groups is 1. The van der Waals surface area contributed by atoms with Crippen LogP contribution in [-0.2, 0) is 13.1 Å². The smallest absolute Gasteiger partial charge is 0.394 e. The van der Waals surface area contributed by atoms with Gasteiger partial charge in [0, 0.05) is 12.7 Å². The fourth-order valence-corrected chi connectivity index (χ4v) is 7.06. The third-order valence-corrected chi connectivity index (χ3v) is 10.7. The Morgan fingerprint density at radius 3 is 1.36 bits per heavy atom. The van der Waals surface area contributed by atoms with E-state index in [0.717, 1.165) is 9.80 Å². The summed E-state index contributed by atoms with van der Waals surface area (Å²) in [6.45, 7) is -0.690. The summed E-state index contributed by atoms with van der Waals surface area (Å²) in [6, 6.07) is 15.9. The van der Waals surface area contributed by atoms with Crippen molar-refractivity contribution in [3.8, 4) is 5.88 Å². The molecule has 0 saturated heterocycles. The number of ether oxygens (including phenoxy) is 1. The molecule has 4 amide bonds. The van der Waals surface area contributed by atoms with E-state index in [1.165, 1.54) is 12.1 Å². The van der Waals surface area contributed by atoms with Gasteiger partial charge >= 0.3 is 12.4 Å². The van der Waals surface area contributed by atoms with E-state index in [9.17, 15) is 45.5 Å². The number of aliphatic hydroxyl groups excluding tert-OH is 1. The number of nitrogens with zero attached hydrogens (tertiary/aromatic N) is 6. The Morgan fingerprint density at radius 1 is 0.610 bits per heavy atom. The van der Waals surface area contributed by atoms with Crippen LogP contribution in [0.1, 0.15) is 91.3 Å². The number of rotatable bonds is 10. The quantitative estimate of drug-likeness (QED) is 0.0711. The highest BCUT2D eigenvalue weighted by molar-refractivity contribution is 6.31. The van der Waals surface area contributed by atoms with Gasteiger partial charge in [0.1, 0.15) is 5.15 Å². The van der Waals surface area contributed by atoms with Gasteiger partial charge in [0.25, 0.3) is 23.6 Å². The van der Waals surface area contributed by atoms with Crippen LogP contribution in [0.2, 0.25) is 15.7 Å². The SMILES string of the molecule is O=C1c2ccccc2C(=O)N1Cc1cc(Cl)nc(Cl)n1.O=C1c2ccccc2C(=O)N1Cc1cc(OCCC2(C(F)(F)F)CC2)nc(Cl)n1.OCCC1(C(F)(F)F)CC1. The number of halogens is 9. The summed E-state index contributed by atoms with van der Waals surface area (Å²) in [6.07, 6.45) is -8.09. The number of fused-ring (bicyclic) bond motifs is 2. The zero-order valence-corrected chi connectivity index (χ0v) is 32.7. The number of aromatic nitrogens is 4. The summed E-state index contributed by atoms with van der Waals surface area (Å²) < 4.78 is 80.2. The van der Waals surface area contributed by atoms with Crippen molar-refractivity contribution in [1.29, 1.82) is 0 Å². The first-order valence-electron chi connectivity index (χ1n) is 17.8. The third-order valence-electron chi connectivity index (χ3n) is 10.2. The molecule has 2 aromatic carbocycles. The summed E-state index contributed by atoms with van der Waals surface area (Å²) in [5.41, 5.74) is -1.15. The summed E-state index contributed by atoms with van der Waals surface area (Å²) in [5, 5.41) is 8.26. The first-order valence-corrected chi connectivity index (χ1v) is 18.9. The molecule has 12 nitrogen and oxygen atoms in total. The molecule has 2 aliphatic heterocycles. The van der Waals surface area contributed by atoms with Crippen LogP contribution in [0, 0.1) is 10.8 Å². The van der Waals surface area contributed by atoms with E-state index in [0.29, 0.717) is 27.9 Å². The number of carbonyl (C=O) groups excluding carboxylic acids is 4. The highest BCUT2D eigenvalue weighted by atomic mass is 35.5. The zero-order chi connectivity index (χ0) is 42.9. The minimum atomic E-state index is -4.25. The van der Waals surface area contributed by atoms with Gasteiger partial charge in [-0.15, -0.1) is 0 Å². The lowest BCUT2D eigenvalue weighted by atomic mass is 10.0. The minimum absolute atomic E-state index is 0.00502. The largest absolute Gasteiger partial charge is 0.478 e. The predicted molar refractivity (Wildman–Crippen MR) is 198 cm³/mol. The Kier molecular flexibility index (Phi) is 12.6. The van der Waals surface area contributed by atoms with Crippen LogP contribution in [0.3, 0.4) is 0 Å². The zero-order valence-electron chi connectivity index (χ0n) is 30.4. The van der Waals surface area contributed by atoms with E-state index in [-0.39, 0.29) is 104 Å². The molecule has 0 spiro atoms. The van der Waals surface area contributed by atoms with Crippen LogP contribution in [0.25, 0.3) is 0 Å². The molecule has 0 atom stereocenters. The lowest BCUT2D eigenvalue weighted by Crippen LogP contribution is -2.29. The van der Waals surface area contributed by atoms with Crippen LogP contribution >= 0.6 is 34.8 Å². The number of carbonyl (C=O) groups is 4. The Hall–Kier alpha value is -4.91. The standard InChI is InChI=1S/C19H15ClF3N3O3.C13H7Cl2N3O2.C6H9F3O/c20-17-24-11(10-26-15(27)12-3-1-2-4-13(12)16(26)28)9-14(25-17)29-8-7-18(5-6-18)19(21,22)23;14-10-5-7(16-13(15)17-10)6-18-11(19)8-3-1-2-4-9(8)12(18)20;7-6(8,9)5(1-2-5)3-4-10/h1-4,9H,5-8,10H2;1-5H,6H2;10H,1-4H2. The van der Waals surface area contributed by atoms with E-state index in [1.54, 1.807) is 48.5 Å². The molecule has 4 heterocycles. The summed E-state index contributed by atoms with van der Waals surface area (Å²) >= 11 is 17.4. The number of imide groups is 2. The lowest BCUT2D eigenvalue weighted by molar-refractivity contribution is -0.191. The molecule has 0 unspecified atom stereocenters. The topological polar surface area (TPSA) is 156 Å². The maximum Gasteiger partial charge on any atom is 0.394 e. The molecule has 4 aromatic rings. The average molecular weight is 888 g/mol. The number of hydrogen-bond acceptors (Lipinski definition) is 10. The van der Waals surface area contributed by atoms with Crippen LogP contribution in [-0.4, -0.2) is 84.0 Å². The number of hydrogen-bond donors (Lipinski definition) is 1. The Bertz CT molecular complexity index is 2200. The second kappa shape index (κ2) is 17.0. The molecule has 1 N–H and O–H groups in total. The van der Waals surface area contributed by atoms with E-state index < -0.39 is 35.0 Å². The van der Waals surface area contributed by atoms with E-state index in [4.69, 9.17) is 44.6 Å². The van der Waals surface area contributed by atoms with Crippen LogP contribution in [0.5, 0.6) is 5.88 Å². The van der Waals surface area contributed by atoms with Gasteiger partial charge in [0.15, 0.2) is 0 Å². The van der Waals surface area contributed by atoms with Crippen molar-refractivity contribution in [2.45, 2.75) is 64.0 Å². The van der Waals surface area contributed by atoms with E-state index in [1.807, 2.05) is 0 Å². The van der Waals surface area contributed by atoms with Crippen molar-refractivity contribution >= 4 is 58.4 Å². The summed E-state index contributed by atoms with van der Waals surface area (Å²) in [7, 11) is 0. The van der Waals surface area contributed by atoms with Crippen LogP contribution in [0.15, 0.2) is 60.7 Å². The molecule has 21 heteroatoms. The van der Waals surface area contributed by atoms with E-state index in [2.05, 4.69) is 19.9 Å². The first kappa shape index (κ1) is 43.7. The van der Waals surface area contributed by atoms with Crippen molar-refractivity contribution < 1.29 is 55.4 Å². The molecule has 2 fully saturated rings. The number of benzene rings is 2. The Morgan fingerprint density at radius 2 is 1.00 bits per heavy atom. The third kappa shape index (κ3) is 9.61. The molecule has 0 radical (unpaired) electrons. The van der Waals surface area contributed by atoms with Crippen molar-refractivity contribution in [3.63, 3.8) is 0 Å². The molecule has 2 saturated carbocycles. The van der Waals surface area contributed by atoms with Crippen molar-refractivity contribution in [1.82, 2.24) is 29.7 Å². The molecule has 0 bridgehead atoms. The fraction of sp³-hybridized carbons (Fsp3) is 0.368. The van der Waals surface area contributed by atoms with Gasteiger partial charge in [-0.2, -0.15) is 31.3 Å². The van der Waals surface area contributed by atoms with Crippen molar-refractivity contribution in [2.75, 3.05) is 13.2 Å². The second-order valence-electron chi connectivity index (χ2n) is 14.0. The van der Waals surface area contributed by atoms with E-state index >= 15 is 0 Å². The van der Waals surface area contributed by atoms with Gasteiger partial charge in [-0.1, -0.05) is 35.9 Å². The van der Waals surface area contributed by atoms with Crippen molar-refractivity contribution in [3.05, 3.63) is 110 Å². The number of alkyl halides is 6. The van der Waals surface area contributed by atoms with Gasteiger partial charge in [0.2, 0.25) is 16.4 Å². The minimum Gasteiger partial charge on any atom is -0.478 e. The number of amides is 4. The monoisotopic (exact) mass is 886 g/mol. The normalized spacial score (nSPS) is 17.1. The van der Waals surface area contributed by atoms with Crippen molar-refractivity contribution in [2.24, 2.45) is 10.8 Å². The van der Waals surface area contributed by atoms with Crippen LogP contribution in [0.4, 0.5) is 26.3 Å². The molecule has 2 aliphatic carbocycles. The highest BCUT2D eigenvalue weighted by Crippen LogP contribution is 2.60. The maximum absolute atomic E-state index is 13.0. The van der Waals surface area contributed by atoms with Gasteiger partial charge < -0.3 is 9.84 Å². The highest BCUT2D eigenvalue weighted by Gasteiger charge is 2.63. The molecular weight excluding hydrogens is 857 g/mol. The molecule has 59 heavy (non-hydrogen) atoms. The summed E-state index contributed by atoms with van der Waals surface area (Å²) in [4.78, 5) is 66.9. The van der Waals surface area contributed by atoms with Gasteiger partial charge in [-0.05, 0) is 92.1 Å². The predicted octanol–water partition coefficient (Wildman–Crippen LogP) is 8.33. The molecule has 312 valence electrons. The Labute approximate surface area is 346 Å². The fourth-order valence-electron chi connectivity index (χ4n) is 6.42. The van der Waals surface area contributed by atoms with Crippen LogP contribution < -0.4 is 4.74 Å². The molecule has 8 rings (SSSR count). The van der Waals surface area contributed by atoms with Gasteiger partial charge in [-0.3, -0.25) is 29.0 Å².